The van der Waals surface area contributed by atoms with E-state index >= 15 is 0 Å². The van der Waals surface area contributed by atoms with Gasteiger partial charge < -0.3 is 4.90 Å². The fourth-order valence-corrected chi connectivity index (χ4v) is 2.75. The van der Waals surface area contributed by atoms with Gasteiger partial charge in [-0.3, -0.25) is 9.69 Å². The molecule has 3 heteroatoms. The molecule has 0 N–H and O–H groups in total. The lowest BCUT2D eigenvalue weighted by Crippen LogP contribution is -2.25. The average Bonchev–Trinajstić information content (AvgIpc) is 3.01. The standard InChI is InChI=1S/C14H18N2O/c1-15-10-16(9-14(15)17)8-12-7-13(12)11-5-3-2-4-6-11/h2-6,12-13H,7-10H2,1H3/t12-,13-/m0/s1. The molecule has 0 radical (unpaired) electrons. The lowest BCUT2D eigenvalue weighted by Gasteiger charge is -2.14. The van der Waals surface area contributed by atoms with Crippen LogP contribution < -0.4 is 0 Å². The molecule has 0 bridgehead atoms. The summed E-state index contributed by atoms with van der Waals surface area (Å²) in [6, 6.07) is 10.7. The molecule has 1 aromatic rings. The van der Waals surface area contributed by atoms with Crippen molar-refractivity contribution >= 4 is 5.91 Å². The average molecular weight is 230 g/mol. The molecule has 0 spiro atoms. The van der Waals surface area contributed by atoms with Gasteiger partial charge in [0.25, 0.3) is 0 Å². The molecule has 0 aromatic heterocycles. The van der Waals surface area contributed by atoms with Crippen LogP contribution in [0.5, 0.6) is 0 Å². The van der Waals surface area contributed by atoms with Gasteiger partial charge >= 0.3 is 0 Å². The molecule has 3 rings (SSSR count). The van der Waals surface area contributed by atoms with Crippen molar-refractivity contribution in [3.8, 4) is 0 Å². The molecule has 3 nitrogen and oxygen atoms in total. The molecule has 1 saturated carbocycles. The summed E-state index contributed by atoms with van der Waals surface area (Å²) in [5.41, 5.74) is 1.45. The van der Waals surface area contributed by atoms with Crippen molar-refractivity contribution in [2.45, 2.75) is 12.3 Å². The first-order valence-corrected chi connectivity index (χ1v) is 6.25. The van der Waals surface area contributed by atoms with E-state index in [0.717, 1.165) is 25.0 Å². The Morgan fingerprint density at radius 1 is 1.29 bits per heavy atom. The summed E-state index contributed by atoms with van der Waals surface area (Å²) in [4.78, 5) is 15.5. The van der Waals surface area contributed by atoms with Crippen LogP contribution in [0.4, 0.5) is 0 Å². The first kappa shape index (κ1) is 10.8. The number of likely N-dealkylation sites (N-methyl/N-ethyl adjacent to an activating group) is 1. The van der Waals surface area contributed by atoms with Crippen LogP contribution >= 0.6 is 0 Å². The molecule has 90 valence electrons. The highest BCUT2D eigenvalue weighted by Gasteiger charge is 2.40. The third kappa shape index (κ3) is 2.20. The zero-order chi connectivity index (χ0) is 11.8. The summed E-state index contributed by atoms with van der Waals surface area (Å²) < 4.78 is 0. The molecule has 1 amide bonds. The molecule has 1 aliphatic carbocycles. The predicted octanol–water partition coefficient (Wildman–Crippen LogP) is 1.52. The van der Waals surface area contributed by atoms with Crippen molar-refractivity contribution < 1.29 is 4.79 Å². The van der Waals surface area contributed by atoms with Crippen LogP contribution in [0.15, 0.2) is 30.3 Å². The van der Waals surface area contributed by atoms with Gasteiger partial charge in [-0.2, -0.15) is 0 Å². The topological polar surface area (TPSA) is 23.6 Å². The third-order valence-corrected chi connectivity index (χ3v) is 3.84. The van der Waals surface area contributed by atoms with Crippen LogP contribution in [-0.4, -0.2) is 42.5 Å². The summed E-state index contributed by atoms with van der Waals surface area (Å²) in [6.45, 7) is 2.47. The minimum Gasteiger partial charge on any atom is -0.332 e. The predicted molar refractivity (Wildman–Crippen MR) is 66.5 cm³/mol. The van der Waals surface area contributed by atoms with Gasteiger partial charge in [-0.1, -0.05) is 30.3 Å². The SMILES string of the molecule is CN1CN(C[C@@H]2C[C@H]2c2ccccc2)CC1=O. The Labute approximate surface area is 102 Å². The smallest absolute Gasteiger partial charge is 0.237 e. The van der Waals surface area contributed by atoms with Crippen LogP contribution in [0, 0.1) is 5.92 Å². The highest BCUT2D eigenvalue weighted by Crippen LogP contribution is 2.47. The van der Waals surface area contributed by atoms with Crippen molar-refractivity contribution in [3.05, 3.63) is 35.9 Å². The second kappa shape index (κ2) is 4.15. The van der Waals surface area contributed by atoms with Crippen LogP contribution in [0.1, 0.15) is 17.9 Å². The Balaban J connectivity index is 1.55. The van der Waals surface area contributed by atoms with E-state index in [1.165, 1.54) is 12.0 Å². The maximum Gasteiger partial charge on any atom is 0.237 e. The maximum absolute atomic E-state index is 11.4. The fraction of sp³-hybridized carbons (Fsp3) is 0.500. The summed E-state index contributed by atoms with van der Waals surface area (Å²) >= 11 is 0. The molecular formula is C14H18N2O. The number of hydrogen-bond donors (Lipinski definition) is 0. The van der Waals surface area contributed by atoms with Crippen molar-refractivity contribution in [1.82, 2.24) is 9.80 Å². The van der Waals surface area contributed by atoms with Crippen molar-refractivity contribution in [3.63, 3.8) is 0 Å². The van der Waals surface area contributed by atoms with E-state index in [1.807, 2.05) is 7.05 Å². The minimum atomic E-state index is 0.252. The van der Waals surface area contributed by atoms with Gasteiger partial charge in [0.2, 0.25) is 5.91 Å². The Hall–Kier alpha value is -1.35. The van der Waals surface area contributed by atoms with Gasteiger partial charge in [0.05, 0.1) is 13.2 Å². The van der Waals surface area contributed by atoms with E-state index in [2.05, 4.69) is 35.2 Å². The molecule has 0 unspecified atom stereocenters. The van der Waals surface area contributed by atoms with E-state index < -0.39 is 0 Å². The van der Waals surface area contributed by atoms with E-state index in [-0.39, 0.29) is 5.91 Å². The first-order chi connectivity index (χ1) is 8.24. The zero-order valence-corrected chi connectivity index (χ0v) is 10.2. The highest BCUT2D eigenvalue weighted by atomic mass is 16.2. The van der Waals surface area contributed by atoms with E-state index in [1.54, 1.807) is 4.90 Å². The second-order valence-corrected chi connectivity index (χ2v) is 5.26. The highest BCUT2D eigenvalue weighted by molar-refractivity contribution is 5.79. The lowest BCUT2D eigenvalue weighted by molar-refractivity contribution is -0.125. The Bertz CT molecular complexity index is 417. The van der Waals surface area contributed by atoms with Crippen molar-refractivity contribution in [2.24, 2.45) is 5.92 Å². The zero-order valence-electron chi connectivity index (χ0n) is 10.2. The summed E-state index contributed by atoms with van der Waals surface area (Å²) in [5, 5.41) is 0. The quantitative estimate of drug-likeness (QED) is 0.786. The molecule has 17 heavy (non-hydrogen) atoms. The summed E-state index contributed by atoms with van der Waals surface area (Å²) in [6.07, 6.45) is 1.28. The van der Waals surface area contributed by atoms with Gasteiger partial charge in [-0.05, 0) is 23.8 Å². The molecular weight excluding hydrogens is 212 g/mol. The van der Waals surface area contributed by atoms with Gasteiger partial charge in [0.15, 0.2) is 0 Å². The first-order valence-electron chi connectivity index (χ1n) is 6.25. The molecule has 1 aliphatic heterocycles. The van der Waals surface area contributed by atoms with Gasteiger partial charge in [-0.15, -0.1) is 0 Å². The van der Waals surface area contributed by atoms with Crippen molar-refractivity contribution in [1.29, 1.82) is 0 Å². The Morgan fingerprint density at radius 3 is 2.71 bits per heavy atom. The summed E-state index contributed by atoms with van der Waals surface area (Å²) in [5.74, 6) is 1.72. The number of rotatable bonds is 3. The van der Waals surface area contributed by atoms with E-state index in [4.69, 9.17) is 0 Å². The number of amides is 1. The molecule has 2 atom stereocenters. The maximum atomic E-state index is 11.4. The third-order valence-electron chi connectivity index (χ3n) is 3.84. The van der Waals surface area contributed by atoms with Crippen LogP contribution in [0.3, 0.4) is 0 Å². The normalized spacial score (nSPS) is 28.8. The molecule has 2 fully saturated rings. The van der Waals surface area contributed by atoms with Crippen molar-refractivity contribution in [2.75, 3.05) is 26.8 Å². The molecule has 1 saturated heterocycles. The Morgan fingerprint density at radius 2 is 2.06 bits per heavy atom. The fourth-order valence-electron chi connectivity index (χ4n) is 2.75. The number of carbonyl (C=O) groups excluding carboxylic acids is 1. The van der Waals surface area contributed by atoms with E-state index in [0.29, 0.717) is 6.54 Å². The van der Waals surface area contributed by atoms with Crippen LogP contribution in [0.25, 0.3) is 0 Å². The number of hydrogen-bond acceptors (Lipinski definition) is 2. The molecule has 1 aromatic carbocycles. The van der Waals surface area contributed by atoms with Gasteiger partial charge in [-0.25, -0.2) is 0 Å². The van der Waals surface area contributed by atoms with Gasteiger partial charge in [0, 0.05) is 13.6 Å². The Kier molecular flexibility index (Phi) is 2.63. The molecule has 1 heterocycles. The lowest BCUT2D eigenvalue weighted by atomic mass is 10.1. The summed E-state index contributed by atoms with van der Waals surface area (Å²) in [7, 11) is 1.88. The second-order valence-electron chi connectivity index (χ2n) is 5.26. The molecule has 2 aliphatic rings. The monoisotopic (exact) mass is 230 g/mol. The largest absolute Gasteiger partial charge is 0.332 e. The number of benzene rings is 1. The number of carbonyl (C=O) groups is 1. The minimum absolute atomic E-state index is 0.252. The van der Waals surface area contributed by atoms with Crippen LogP contribution in [0.2, 0.25) is 0 Å². The van der Waals surface area contributed by atoms with E-state index in [9.17, 15) is 4.79 Å². The van der Waals surface area contributed by atoms with Gasteiger partial charge in [0.1, 0.15) is 0 Å². The van der Waals surface area contributed by atoms with Crippen LogP contribution in [-0.2, 0) is 4.79 Å². The number of nitrogens with zero attached hydrogens (tertiary/aromatic N) is 2.